The summed E-state index contributed by atoms with van der Waals surface area (Å²) in [6.45, 7) is 2.20. The SMILES string of the molecule is O=c1c2c(F)cccc2n(CC2CC2)c(=O)n1CC(O)CN1CCc2ccccc2C1. The van der Waals surface area contributed by atoms with E-state index in [-0.39, 0.29) is 11.9 Å². The fraction of sp³-hybridized carbons (Fsp3) is 0.417. The summed E-state index contributed by atoms with van der Waals surface area (Å²) in [5.74, 6) is -0.253. The lowest BCUT2D eigenvalue weighted by atomic mass is 10.00. The van der Waals surface area contributed by atoms with E-state index in [1.165, 1.54) is 27.8 Å². The average Bonchev–Trinajstić information content (AvgIpc) is 3.58. The molecule has 0 bridgehead atoms. The van der Waals surface area contributed by atoms with Gasteiger partial charge in [0, 0.05) is 26.2 Å². The van der Waals surface area contributed by atoms with Crippen LogP contribution in [0.4, 0.5) is 4.39 Å². The van der Waals surface area contributed by atoms with Crippen LogP contribution in [0.5, 0.6) is 0 Å². The van der Waals surface area contributed by atoms with Crippen molar-refractivity contribution in [1.29, 1.82) is 0 Å². The third-order valence-electron chi connectivity index (χ3n) is 6.41. The van der Waals surface area contributed by atoms with Gasteiger partial charge in [0.05, 0.1) is 23.6 Å². The monoisotopic (exact) mass is 423 g/mol. The van der Waals surface area contributed by atoms with Crippen molar-refractivity contribution >= 4 is 10.9 Å². The number of aliphatic hydroxyl groups is 1. The van der Waals surface area contributed by atoms with E-state index in [0.717, 1.165) is 36.9 Å². The zero-order chi connectivity index (χ0) is 21.5. The molecule has 1 saturated carbocycles. The standard InChI is InChI=1S/C24H26FN3O3/c25-20-6-3-7-21-22(20)23(30)28(24(31)27(21)12-16-8-9-16)15-19(29)14-26-11-10-17-4-1-2-5-18(17)13-26/h1-7,16,19,29H,8-15H2. The Morgan fingerprint density at radius 3 is 2.55 bits per heavy atom. The van der Waals surface area contributed by atoms with Crippen LogP contribution < -0.4 is 11.2 Å². The minimum Gasteiger partial charge on any atom is -0.390 e. The summed E-state index contributed by atoms with van der Waals surface area (Å²) in [6, 6.07) is 12.6. The van der Waals surface area contributed by atoms with Crippen molar-refractivity contribution in [2.75, 3.05) is 13.1 Å². The first kappa shape index (κ1) is 20.2. The molecule has 0 radical (unpaired) electrons. The zero-order valence-corrected chi connectivity index (χ0v) is 17.3. The highest BCUT2D eigenvalue weighted by atomic mass is 19.1. The summed E-state index contributed by atoms with van der Waals surface area (Å²) in [5, 5.41) is 10.7. The molecule has 1 unspecified atom stereocenters. The lowest BCUT2D eigenvalue weighted by Gasteiger charge is -2.30. The number of halogens is 1. The molecule has 0 amide bonds. The van der Waals surface area contributed by atoms with E-state index in [1.807, 2.05) is 12.1 Å². The van der Waals surface area contributed by atoms with Crippen LogP contribution in [0.25, 0.3) is 10.9 Å². The number of β-amino-alcohol motifs (C(OH)–C–C–N with tert-alkyl or cyclic N) is 1. The first-order chi connectivity index (χ1) is 15.0. The van der Waals surface area contributed by atoms with Gasteiger partial charge in [-0.3, -0.25) is 18.8 Å². The predicted octanol–water partition coefficient (Wildman–Crippen LogP) is 2.13. The molecule has 2 aliphatic rings. The third kappa shape index (κ3) is 3.95. The maximum absolute atomic E-state index is 14.5. The molecular weight excluding hydrogens is 397 g/mol. The van der Waals surface area contributed by atoms with Crippen LogP contribution in [0, 0.1) is 11.7 Å². The summed E-state index contributed by atoms with van der Waals surface area (Å²) >= 11 is 0. The van der Waals surface area contributed by atoms with Gasteiger partial charge in [-0.25, -0.2) is 9.18 Å². The highest BCUT2D eigenvalue weighted by Crippen LogP contribution is 2.31. The summed E-state index contributed by atoms with van der Waals surface area (Å²) in [4.78, 5) is 28.3. The van der Waals surface area contributed by atoms with E-state index >= 15 is 0 Å². The largest absolute Gasteiger partial charge is 0.390 e. The Balaban J connectivity index is 1.43. The Bertz CT molecular complexity index is 1250. The molecule has 0 spiro atoms. The average molecular weight is 423 g/mol. The highest BCUT2D eigenvalue weighted by Gasteiger charge is 2.26. The van der Waals surface area contributed by atoms with Gasteiger partial charge in [-0.1, -0.05) is 30.3 Å². The zero-order valence-electron chi connectivity index (χ0n) is 17.3. The first-order valence-corrected chi connectivity index (χ1v) is 10.9. The fourth-order valence-corrected chi connectivity index (χ4v) is 4.59. The van der Waals surface area contributed by atoms with Crippen molar-refractivity contribution in [3.05, 3.63) is 80.2 Å². The predicted molar refractivity (Wildman–Crippen MR) is 117 cm³/mol. The van der Waals surface area contributed by atoms with Crippen LogP contribution in [-0.2, 0) is 26.1 Å². The molecule has 6 nitrogen and oxygen atoms in total. The molecule has 31 heavy (non-hydrogen) atoms. The molecule has 5 rings (SSSR count). The smallest absolute Gasteiger partial charge is 0.331 e. The van der Waals surface area contributed by atoms with Gasteiger partial charge in [0.2, 0.25) is 0 Å². The molecule has 162 valence electrons. The lowest BCUT2D eigenvalue weighted by Crippen LogP contribution is -2.45. The number of hydrogen-bond acceptors (Lipinski definition) is 4. The van der Waals surface area contributed by atoms with Gasteiger partial charge >= 0.3 is 5.69 Å². The second kappa shape index (κ2) is 8.05. The van der Waals surface area contributed by atoms with E-state index in [9.17, 15) is 19.1 Å². The van der Waals surface area contributed by atoms with E-state index in [0.29, 0.717) is 24.5 Å². The quantitative estimate of drug-likeness (QED) is 0.660. The summed E-state index contributed by atoms with van der Waals surface area (Å²) in [7, 11) is 0. The second-order valence-electron chi connectivity index (χ2n) is 8.79. The van der Waals surface area contributed by atoms with Gasteiger partial charge in [0.15, 0.2) is 0 Å². The minimum absolute atomic E-state index is 0.0816. The van der Waals surface area contributed by atoms with Crippen LogP contribution in [0.1, 0.15) is 24.0 Å². The minimum atomic E-state index is -0.908. The Labute approximate surface area is 179 Å². The fourth-order valence-electron chi connectivity index (χ4n) is 4.59. The molecule has 1 aliphatic carbocycles. The third-order valence-corrected chi connectivity index (χ3v) is 6.41. The van der Waals surface area contributed by atoms with E-state index in [4.69, 9.17) is 0 Å². The van der Waals surface area contributed by atoms with E-state index in [1.54, 1.807) is 6.07 Å². The number of aromatic nitrogens is 2. The van der Waals surface area contributed by atoms with Crippen LogP contribution in [0.3, 0.4) is 0 Å². The van der Waals surface area contributed by atoms with Gasteiger partial charge in [-0.2, -0.15) is 0 Å². The Kier molecular flexibility index (Phi) is 5.24. The maximum atomic E-state index is 14.5. The van der Waals surface area contributed by atoms with Gasteiger partial charge in [0.1, 0.15) is 5.82 Å². The topological polar surface area (TPSA) is 67.5 Å². The van der Waals surface area contributed by atoms with Crippen LogP contribution in [0.15, 0.2) is 52.1 Å². The normalized spacial score (nSPS) is 17.6. The molecule has 1 aliphatic heterocycles. The van der Waals surface area contributed by atoms with Crippen LogP contribution in [0.2, 0.25) is 0 Å². The van der Waals surface area contributed by atoms with E-state index < -0.39 is 23.2 Å². The van der Waals surface area contributed by atoms with Crippen LogP contribution >= 0.6 is 0 Å². The summed E-state index contributed by atoms with van der Waals surface area (Å²) in [5.41, 5.74) is 1.74. The van der Waals surface area contributed by atoms with Crippen molar-refractivity contribution in [3.63, 3.8) is 0 Å². The van der Waals surface area contributed by atoms with Crippen molar-refractivity contribution in [2.24, 2.45) is 5.92 Å². The van der Waals surface area contributed by atoms with Gasteiger partial charge in [-0.15, -0.1) is 0 Å². The number of nitrogens with zero attached hydrogens (tertiary/aromatic N) is 3. The van der Waals surface area contributed by atoms with Crippen molar-refractivity contribution < 1.29 is 9.50 Å². The molecule has 2 heterocycles. The first-order valence-electron chi connectivity index (χ1n) is 10.9. The Morgan fingerprint density at radius 1 is 1.00 bits per heavy atom. The van der Waals surface area contributed by atoms with Gasteiger partial charge < -0.3 is 5.11 Å². The number of hydrogen-bond donors (Lipinski definition) is 1. The maximum Gasteiger partial charge on any atom is 0.331 e. The summed E-state index contributed by atoms with van der Waals surface area (Å²) < 4.78 is 17.1. The molecule has 0 saturated heterocycles. The molecule has 1 atom stereocenters. The van der Waals surface area contributed by atoms with E-state index in [2.05, 4.69) is 17.0 Å². The summed E-state index contributed by atoms with van der Waals surface area (Å²) in [6.07, 6.45) is 2.05. The van der Waals surface area contributed by atoms with Crippen molar-refractivity contribution in [2.45, 2.75) is 45.0 Å². The molecule has 1 fully saturated rings. The molecule has 1 N–H and O–H groups in total. The Hall–Kier alpha value is -2.77. The van der Waals surface area contributed by atoms with Gasteiger partial charge in [0.25, 0.3) is 5.56 Å². The van der Waals surface area contributed by atoms with Crippen LogP contribution in [-0.4, -0.2) is 38.3 Å². The Morgan fingerprint density at radius 2 is 1.77 bits per heavy atom. The number of fused-ring (bicyclic) bond motifs is 2. The second-order valence-corrected chi connectivity index (χ2v) is 8.79. The number of rotatable bonds is 6. The molecule has 2 aromatic carbocycles. The molecule has 1 aromatic heterocycles. The lowest BCUT2D eigenvalue weighted by molar-refractivity contribution is 0.0896. The molecule has 3 aromatic rings. The molecular formula is C24H26FN3O3. The van der Waals surface area contributed by atoms with Crippen molar-refractivity contribution in [1.82, 2.24) is 14.0 Å². The van der Waals surface area contributed by atoms with Gasteiger partial charge in [-0.05, 0) is 48.4 Å². The number of aliphatic hydroxyl groups excluding tert-OH is 1. The highest BCUT2D eigenvalue weighted by molar-refractivity contribution is 5.78. The van der Waals surface area contributed by atoms with Crippen molar-refractivity contribution in [3.8, 4) is 0 Å². The number of benzene rings is 2. The molecule has 7 heteroatoms.